The van der Waals surface area contributed by atoms with Crippen molar-refractivity contribution in [3.63, 3.8) is 0 Å². The Morgan fingerprint density at radius 2 is 2.20 bits per heavy atom. The number of fused-ring (bicyclic) bond motifs is 1. The van der Waals surface area contributed by atoms with Crippen LogP contribution in [0.5, 0.6) is 0 Å². The number of hydrogen-bond donors (Lipinski definition) is 1. The molecule has 0 atom stereocenters. The van der Waals surface area contributed by atoms with Gasteiger partial charge in [0.2, 0.25) is 0 Å². The lowest BCUT2D eigenvalue weighted by Gasteiger charge is -2.14. The molecule has 1 aliphatic rings. The molecule has 1 N–H and O–H groups in total. The van der Waals surface area contributed by atoms with Gasteiger partial charge in [-0.15, -0.1) is 0 Å². The van der Waals surface area contributed by atoms with E-state index in [1.807, 2.05) is 0 Å². The number of rotatable bonds is 3. The molecular weight excluding hydrogens is 258 g/mol. The van der Waals surface area contributed by atoms with E-state index in [2.05, 4.69) is 16.5 Å². The zero-order chi connectivity index (χ0) is 14.1. The van der Waals surface area contributed by atoms with E-state index in [1.165, 1.54) is 29.6 Å². The second-order valence-electron chi connectivity index (χ2n) is 4.92. The molecule has 0 aromatic carbocycles. The fourth-order valence-electron chi connectivity index (χ4n) is 2.70. The van der Waals surface area contributed by atoms with E-state index in [4.69, 9.17) is 0 Å². The average Bonchev–Trinajstić information content (AvgIpc) is 3.07. The maximum atomic E-state index is 10.9. The quantitative estimate of drug-likeness (QED) is 0.683. The van der Waals surface area contributed by atoms with Crippen molar-refractivity contribution in [1.29, 1.82) is 5.26 Å². The summed E-state index contributed by atoms with van der Waals surface area (Å²) >= 11 is 0. The second-order valence-corrected chi connectivity index (χ2v) is 4.92. The molecule has 0 radical (unpaired) electrons. The first-order valence-electron chi connectivity index (χ1n) is 6.52. The van der Waals surface area contributed by atoms with Crippen molar-refractivity contribution >= 4 is 17.0 Å². The van der Waals surface area contributed by atoms with Gasteiger partial charge in [0.15, 0.2) is 5.52 Å². The van der Waals surface area contributed by atoms with Crippen LogP contribution in [-0.4, -0.2) is 20.6 Å². The molecule has 0 unspecified atom stereocenters. The van der Waals surface area contributed by atoms with Crippen molar-refractivity contribution in [3.8, 4) is 6.07 Å². The summed E-state index contributed by atoms with van der Waals surface area (Å²) in [7, 11) is 0. The molecule has 1 saturated carbocycles. The van der Waals surface area contributed by atoms with Gasteiger partial charge in [0.1, 0.15) is 17.3 Å². The van der Waals surface area contributed by atoms with Crippen LogP contribution in [0.2, 0.25) is 0 Å². The third-order valence-electron chi connectivity index (χ3n) is 3.67. The Hall–Kier alpha value is -2.62. The standard InChI is InChI=1S/C13H13N5O2/c14-7-9-8-15-17-11(5-6-12(17)18(19)20)13(9)16-10-3-1-2-4-10/h5-6,8,10,16H,1-4H2. The molecule has 2 aromatic heterocycles. The van der Waals surface area contributed by atoms with E-state index in [0.29, 0.717) is 22.8 Å². The Labute approximate surface area is 115 Å². The van der Waals surface area contributed by atoms with Gasteiger partial charge in [0.05, 0.1) is 6.20 Å². The van der Waals surface area contributed by atoms with E-state index in [1.54, 1.807) is 6.07 Å². The predicted molar refractivity (Wildman–Crippen MR) is 72.4 cm³/mol. The smallest absolute Gasteiger partial charge is 0.348 e. The molecule has 0 spiro atoms. The highest BCUT2D eigenvalue weighted by Gasteiger charge is 2.23. The lowest BCUT2D eigenvalue weighted by molar-refractivity contribution is -0.390. The third-order valence-corrected chi connectivity index (χ3v) is 3.67. The van der Waals surface area contributed by atoms with Crippen LogP contribution in [0.25, 0.3) is 5.52 Å². The highest BCUT2D eigenvalue weighted by Crippen LogP contribution is 2.29. The van der Waals surface area contributed by atoms with Gasteiger partial charge in [-0.2, -0.15) is 5.26 Å². The summed E-state index contributed by atoms with van der Waals surface area (Å²) in [6.07, 6.45) is 5.83. The van der Waals surface area contributed by atoms with E-state index >= 15 is 0 Å². The Morgan fingerprint density at radius 1 is 1.45 bits per heavy atom. The van der Waals surface area contributed by atoms with Crippen molar-refractivity contribution < 1.29 is 4.92 Å². The lowest BCUT2D eigenvalue weighted by atomic mass is 10.2. The number of nitriles is 1. The Balaban J connectivity index is 2.11. The topological polar surface area (TPSA) is 96.3 Å². The molecule has 7 heteroatoms. The van der Waals surface area contributed by atoms with E-state index < -0.39 is 4.92 Å². The van der Waals surface area contributed by atoms with Crippen LogP contribution in [0.1, 0.15) is 31.2 Å². The lowest BCUT2D eigenvalue weighted by Crippen LogP contribution is -2.16. The highest BCUT2D eigenvalue weighted by molar-refractivity contribution is 5.79. The van der Waals surface area contributed by atoms with Gasteiger partial charge in [0.25, 0.3) is 0 Å². The maximum absolute atomic E-state index is 10.9. The summed E-state index contributed by atoms with van der Waals surface area (Å²) in [6, 6.07) is 5.45. The summed E-state index contributed by atoms with van der Waals surface area (Å²) in [5.74, 6) is -0.0982. The molecule has 0 bridgehead atoms. The van der Waals surface area contributed by atoms with Crippen molar-refractivity contribution in [2.75, 3.05) is 5.32 Å². The molecule has 7 nitrogen and oxygen atoms in total. The zero-order valence-electron chi connectivity index (χ0n) is 10.7. The predicted octanol–water partition coefficient (Wildman–Crippen LogP) is 2.47. The third kappa shape index (κ3) is 1.95. The SMILES string of the molecule is N#Cc1cnn2c([N+](=O)[O-])ccc2c1NC1CCCC1. The van der Waals surface area contributed by atoms with Gasteiger partial charge in [-0.1, -0.05) is 22.5 Å². The maximum Gasteiger partial charge on any atom is 0.348 e. The number of hydrogen-bond acceptors (Lipinski definition) is 5. The fraction of sp³-hybridized carbons (Fsp3) is 0.385. The number of anilines is 1. The van der Waals surface area contributed by atoms with Gasteiger partial charge in [0, 0.05) is 12.1 Å². The molecule has 0 amide bonds. The zero-order valence-corrected chi connectivity index (χ0v) is 10.7. The molecule has 1 fully saturated rings. The number of nitro groups is 1. The van der Waals surface area contributed by atoms with Gasteiger partial charge < -0.3 is 15.4 Å². The van der Waals surface area contributed by atoms with E-state index in [-0.39, 0.29) is 5.82 Å². The molecule has 0 aliphatic heterocycles. The average molecular weight is 271 g/mol. The summed E-state index contributed by atoms with van der Waals surface area (Å²) in [5.41, 5.74) is 1.63. The molecule has 3 rings (SSSR count). The second kappa shape index (κ2) is 4.81. The number of nitrogens with one attached hydrogen (secondary N) is 1. The van der Waals surface area contributed by atoms with E-state index in [0.717, 1.165) is 12.8 Å². The largest absolute Gasteiger partial charge is 0.378 e. The van der Waals surface area contributed by atoms with Crippen molar-refractivity contribution in [2.24, 2.45) is 0 Å². The van der Waals surface area contributed by atoms with Crippen LogP contribution < -0.4 is 5.32 Å². The van der Waals surface area contributed by atoms with Crippen LogP contribution >= 0.6 is 0 Å². The normalized spacial score (nSPS) is 15.3. The van der Waals surface area contributed by atoms with Gasteiger partial charge in [-0.25, -0.2) is 0 Å². The first-order chi connectivity index (χ1) is 9.70. The monoisotopic (exact) mass is 271 g/mol. The minimum Gasteiger partial charge on any atom is -0.378 e. The molecule has 2 aromatic rings. The van der Waals surface area contributed by atoms with Crippen LogP contribution in [-0.2, 0) is 0 Å². The summed E-state index contributed by atoms with van der Waals surface area (Å²) < 4.78 is 1.26. The highest BCUT2D eigenvalue weighted by atomic mass is 16.6. The molecule has 102 valence electrons. The van der Waals surface area contributed by atoms with Gasteiger partial charge in [-0.3, -0.25) is 0 Å². The molecule has 20 heavy (non-hydrogen) atoms. The van der Waals surface area contributed by atoms with Crippen LogP contribution in [0.4, 0.5) is 11.5 Å². The minimum atomic E-state index is -0.481. The van der Waals surface area contributed by atoms with Crippen molar-refractivity contribution in [2.45, 2.75) is 31.7 Å². The van der Waals surface area contributed by atoms with Crippen LogP contribution in [0.3, 0.4) is 0 Å². The molecule has 2 heterocycles. The molecule has 0 saturated heterocycles. The summed E-state index contributed by atoms with van der Waals surface area (Å²) in [4.78, 5) is 10.5. The summed E-state index contributed by atoms with van der Waals surface area (Å²) in [6.45, 7) is 0. The van der Waals surface area contributed by atoms with E-state index in [9.17, 15) is 15.4 Å². The van der Waals surface area contributed by atoms with Gasteiger partial charge >= 0.3 is 5.82 Å². The Bertz CT molecular complexity index is 709. The summed E-state index contributed by atoms with van der Waals surface area (Å²) in [5, 5.41) is 27.5. The van der Waals surface area contributed by atoms with Crippen molar-refractivity contribution in [3.05, 3.63) is 34.0 Å². The molecular formula is C13H13N5O2. The first kappa shape index (κ1) is 12.4. The number of nitrogens with zero attached hydrogens (tertiary/aromatic N) is 4. The fourth-order valence-corrected chi connectivity index (χ4v) is 2.70. The minimum absolute atomic E-state index is 0.0982. The van der Waals surface area contributed by atoms with Gasteiger partial charge in [-0.05, 0) is 23.8 Å². The number of aromatic nitrogens is 2. The Kier molecular flexibility index (Phi) is 2.99. The van der Waals surface area contributed by atoms with Crippen LogP contribution in [0.15, 0.2) is 18.3 Å². The first-order valence-corrected chi connectivity index (χ1v) is 6.52. The van der Waals surface area contributed by atoms with Crippen molar-refractivity contribution in [1.82, 2.24) is 9.61 Å². The molecule has 1 aliphatic carbocycles. The van der Waals surface area contributed by atoms with Crippen LogP contribution in [0, 0.1) is 21.4 Å². The Morgan fingerprint density at radius 3 is 2.85 bits per heavy atom.